The Balaban J connectivity index is 3.22. The Morgan fingerprint density at radius 3 is 2.74 bits per heavy atom. The smallest absolute Gasteiger partial charge is 0.322 e. The van der Waals surface area contributed by atoms with Gasteiger partial charge in [0.15, 0.2) is 0 Å². The summed E-state index contributed by atoms with van der Waals surface area (Å²) in [5, 5.41) is 20.6. The zero-order chi connectivity index (χ0) is 14.7. The molecule has 0 fully saturated rings. The number of hydrogen-bond donors (Lipinski definition) is 2. The highest BCUT2D eigenvalue weighted by Gasteiger charge is 2.23. The third-order valence-corrected chi connectivity index (χ3v) is 3.14. The lowest BCUT2D eigenvalue weighted by Crippen LogP contribution is -2.33. The number of carbonyl (C=O) groups is 1. The van der Waals surface area contributed by atoms with Crippen LogP contribution in [0.5, 0.6) is 5.75 Å². The van der Waals surface area contributed by atoms with Crippen LogP contribution in [0.15, 0.2) is 6.07 Å². The number of phenols is 1. The quantitative estimate of drug-likeness (QED) is 0.490. The second kappa shape index (κ2) is 5.85. The average molecular weight is 289 g/mol. The number of phenolic OH excluding ortho intramolecular Hbond substituents is 1. The minimum Gasteiger partial charge on any atom is -0.506 e. The number of halogens is 1. The molecule has 0 amide bonds. The van der Waals surface area contributed by atoms with Crippen LogP contribution in [-0.4, -0.2) is 29.2 Å². The highest BCUT2D eigenvalue weighted by Crippen LogP contribution is 2.37. The molecule has 0 aliphatic heterocycles. The Morgan fingerprint density at radius 2 is 2.26 bits per heavy atom. The first kappa shape index (κ1) is 15.2. The normalized spacial score (nSPS) is 12.0. The van der Waals surface area contributed by atoms with Gasteiger partial charge in [-0.15, -0.1) is 0 Å². The minimum absolute atomic E-state index is 0.112. The molecule has 7 nitrogen and oxygen atoms in total. The van der Waals surface area contributed by atoms with Gasteiger partial charge in [0.1, 0.15) is 11.8 Å². The third kappa shape index (κ3) is 3.12. The number of aromatic hydroxyl groups is 1. The van der Waals surface area contributed by atoms with E-state index in [1.54, 1.807) is 0 Å². The fourth-order valence-corrected chi connectivity index (χ4v) is 1.81. The first-order valence-electron chi connectivity index (χ1n) is 5.28. The van der Waals surface area contributed by atoms with Crippen molar-refractivity contribution < 1.29 is 19.6 Å². The molecule has 0 aliphatic carbocycles. The molecule has 0 spiro atoms. The molecule has 0 radical (unpaired) electrons. The number of carbonyl (C=O) groups excluding carboxylic acids is 1. The van der Waals surface area contributed by atoms with Gasteiger partial charge in [-0.3, -0.25) is 14.9 Å². The van der Waals surface area contributed by atoms with Gasteiger partial charge in [0.25, 0.3) is 5.69 Å². The lowest BCUT2D eigenvalue weighted by atomic mass is 10.0. The molecule has 0 saturated heterocycles. The topological polar surface area (TPSA) is 116 Å². The molecular weight excluding hydrogens is 276 g/mol. The summed E-state index contributed by atoms with van der Waals surface area (Å²) in [6.45, 7) is 1.42. The Bertz CT molecular complexity index is 532. The maximum atomic E-state index is 11.2. The van der Waals surface area contributed by atoms with Crippen LogP contribution >= 0.6 is 11.6 Å². The van der Waals surface area contributed by atoms with Crippen LogP contribution in [0.4, 0.5) is 5.69 Å². The summed E-state index contributed by atoms with van der Waals surface area (Å²) in [4.78, 5) is 21.4. The fourth-order valence-electron chi connectivity index (χ4n) is 1.59. The summed E-state index contributed by atoms with van der Waals surface area (Å²) in [5.41, 5.74) is 5.58. The van der Waals surface area contributed by atoms with E-state index in [0.717, 1.165) is 6.07 Å². The first-order chi connectivity index (χ1) is 8.79. The average Bonchev–Trinajstić information content (AvgIpc) is 2.37. The van der Waals surface area contributed by atoms with E-state index in [1.165, 1.54) is 14.0 Å². The van der Waals surface area contributed by atoms with Crippen LogP contribution in [0, 0.1) is 17.0 Å². The van der Waals surface area contributed by atoms with Crippen LogP contribution in [-0.2, 0) is 16.0 Å². The Hall–Kier alpha value is -1.86. The number of benzene rings is 1. The van der Waals surface area contributed by atoms with Gasteiger partial charge in [0.05, 0.1) is 17.1 Å². The highest BCUT2D eigenvalue weighted by atomic mass is 35.5. The van der Waals surface area contributed by atoms with Gasteiger partial charge in [0, 0.05) is 23.6 Å². The predicted molar refractivity (Wildman–Crippen MR) is 68.2 cm³/mol. The number of methoxy groups -OCH3 is 1. The lowest BCUT2D eigenvalue weighted by Gasteiger charge is -2.12. The molecule has 19 heavy (non-hydrogen) atoms. The van der Waals surface area contributed by atoms with Crippen molar-refractivity contribution >= 4 is 23.3 Å². The molecule has 8 heteroatoms. The van der Waals surface area contributed by atoms with Crippen molar-refractivity contribution in [1.29, 1.82) is 0 Å². The summed E-state index contributed by atoms with van der Waals surface area (Å²) in [7, 11) is 1.17. The van der Waals surface area contributed by atoms with Crippen LogP contribution < -0.4 is 5.73 Å². The molecule has 1 aromatic carbocycles. The van der Waals surface area contributed by atoms with E-state index in [2.05, 4.69) is 4.74 Å². The highest BCUT2D eigenvalue weighted by molar-refractivity contribution is 6.33. The van der Waals surface area contributed by atoms with Crippen molar-refractivity contribution in [2.45, 2.75) is 19.4 Å². The number of nitrogens with two attached hydrogens (primary N) is 1. The van der Waals surface area contributed by atoms with Crippen molar-refractivity contribution in [2.24, 2.45) is 5.73 Å². The van der Waals surface area contributed by atoms with E-state index in [4.69, 9.17) is 17.3 Å². The maximum Gasteiger partial charge on any atom is 0.322 e. The number of hydrogen-bond acceptors (Lipinski definition) is 6. The van der Waals surface area contributed by atoms with E-state index in [-0.39, 0.29) is 34.0 Å². The molecule has 0 heterocycles. The van der Waals surface area contributed by atoms with Crippen molar-refractivity contribution in [3.8, 4) is 5.75 Å². The monoisotopic (exact) mass is 288 g/mol. The van der Waals surface area contributed by atoms with Gasteiger partial charge in [-0.2, -0.15) is 0 Å². The standard InChI is InChI=1S/C11H13ClN2O5/c1-5-8(14(17)18)4-6(10(15)9(5)12)3-7(13)11(16)19-2/h4,7,15H,3,13H2,1-2H3. The second-order valence-corrected chi connectivity index (χ2v) is 4.31. The van der Waals surface area contributed by atoms with Gasteiger partial charge < -0.3 is 15.6 Å². The van der Waals surface area contributed by atoms with E-state index in [9.17, 15) is 20.0 Å². The summed E-state index contributed by atoms with van der Waals surface area (Å²) < 4.78 is 4.44. The summed E-state index contributed by atoms with van der Waals surface area (Å²) in [5.74, 6) is -0.997. The largest absolute Gasteiger partial charge is 0.506 e. The number of rotatable bonds is 4. The molecule has 1 atom stereocenters. The number of ether oxygens (including phenoxy) is 1. The van der Waals surface area contributed by atoms with Gasteiger partial charge in [-0.1, -0.05) is 11.6 Å². The SMILES string of the molecule is COC(=O)C(N)Cc1cc([N+](=O)[O-])c(C)c(Cl)c1O. The number of nitrogens with zero attached hydrogens (tertiary/aromatic N) is 1. The van der Waals surface area contributed by atoms with E-state index >= 15 is 0 Å². The summed E-state index contributed by atoms with van der Waals surface area (Å²) >= 11 is 5.82. The Morgan fingerprint density at radius 1 is 1.68 bits per heavy atom. The minimum atomic E-state index is -1.03. The van der Waals surface area contributed by atoms with Crippen molar-refractivity contribution in [3.63, 3.8) is 0 Å². The zero-order valence-electron chi connectivity index (χ0n) is 10.3. The van der Waals surface area contributed by atoms with Gasteiger partial charge in [-0.05, 0) is 6.92 Å². The number of nitro benzene ring substituents is 1. The lowest BCUT2D eigenvalue weighted by molar-refractivity contribution is -0.385. The van der Waals surface area contributed by atoms with Gasteiger partial charge in [-0.25, -0.2) is 0 Å². The molecule has 104 valence electrons. The maximum absolute atomic E-state index is 11.2. The molecule has 0 bridgehead atoms. The van der Waals surface area contributed by atoms with Crippen LogP contribution in [0.1, 0.15) is 11.1 Å². The molecular formula is C11H13ClN2O5. The van der Waals surface area contributed by atoms with Crippen LogP contribution in [0.2, 0.25) is 5.02 Å². The molecule has 1 aromatic rings. The van der Waals surface area contributed by atoms with Crippen molar-refractivity contribution in [2.75, 3.05) is 7.11 Å². The molecule has 0 aliphatic rings. The zero-order valence-corrected chi connectivity index (χ0v) is 11.1. The van der Waals surface area contributed by atoms with Gasteiger partial charge in [0.2, 0.25) is 0 Å². The molecule has 1 unspecified atom stereocenters. The Labute approximate surface area is 114 Å². The summed E-state index contributed by atoms with van der Waals surface area (Å²) in [6, 6.07) is 0.119. The van der Waals surface area contributed by atoms with Crippen molar-refractivity contribution in [3.05, 3.63) is 32.3 Å². The molecule has 3 N–H and O–H groups in total. The predicted octanol–water partition coefficient (Wildman–Crippen LogP) is 1.31. The van der Waals surface area contributed by atoms with E-state index in [1.807, 2.05) is 0 Å². The molecule has 0 aromatic heterocycles. The summed E-state index contributed by atoms with van der Waals surface area (Å²) in [6.07, 6.45) is -0.112. The fraction of sp³-hybridized carbons (Fsp3) is 0.364. The van der Waals surface area contributed by atoms with E-state index < -0.39 is 16.9 Å². The number of nitro groups is 1. The van der Waals surface area contributed by atoms with Crippen LogP contribution in [0.25, 0.3) is 0 Å². The van der Waals surface area contributed by atoms with Crippen LogP contribution in [0.3, 0.4) is 0 Å². The van der Waals surface area contributed by atoms with E-state index in [0.29, 0.717) is 0 Å². The number of esters is 1. The third-order valence-electron chi connectivity index (χ3n) is 2.68. The van der Waals surface area contributed by atoms with Crippen molar-refractivity contribution in [1.82, 2.24) is 0 Å². The Kier molecular flexibility index (Phi) is 4.68. The molecule has 1 rings (SSSR count). The molecule has 0 saturated carbocycles. The second-order valence-electron chi connectivity index (χ2n) is 3.93. The first-order valence-corrected chi connectivity index (χ1v) is 5.66. The van der Waals surface area contributed by atoms with Gasteiger partial charge >= 0.3 is 5.97 Å².